The van der Waals surface area contributed by atoms with E-state index >= 15 is 0 Å². The number of halogens is 1. The monoisotopic (exact) mass is 340 g/mol. The molecule has 0 radical (unpaired) electrons. The van der Waals surface area contributed by atoms with E-state index in [1.807, 2.05) is 12.1 Å². The van der Waals surface area contributed by atoms with E-state index < -0.39 is 0 Å². The number of hydrogen-bond acceptors (Lipinski definition) is 2. The smallest absolute Gasteiger partial charge is 0.227 e. The van der Waals surface area contributed by atoms with Crippen molar-refractivity contribution in [2.45, 2.75) is 38.8 Å². The van der Waals surface area contributed by atoms with Gasteiger partial charge in [0.15, 0.2) is 0 Å². The van der Waals surface area contributed by atoms with Crippen LogP contribution in [0, 0.1) is 5.82 Å². The highest BCUT2D eigenvalue weighted by atomic mass is 19.1. The number of nitrogens with one attached hydrogen (secondary N) is 1. The van der Waals surface area contributed by atoms with Crippen molar-refractivity contribution in [2.75, 3.05) is 5.32 Å². The number of anilines is 1. The summed E-state index contributed by atoms with van der Waals surface area (Å²) in [6.45, 7) is 1.76. The molecule has 2 aromatic carbocycles. The average Bonchev–Trinajstić information content (AvgIpc) is 3.40. The lowest BCUT2D eigenvalue weighted by molar-refractivity contribution is -0.131. The molecule has 0 aromatic heterocycles. The maximum Gasteiger partial charge on any atom is 0.227 e. The topological polar surface area (TPSA) is 49.4 Å². The molecule has 5 heteroatoms. The SMILES string of the molecule is CC(=O)Nc1ccc(CC(=O)N(Cc2ccccc2F)C2CC2)cc1. The number of rotatable bonds is 6. The summed E-state index contributed by atoms with van der Waals surface area (Å²) in [5.74, 6) is -0.410. The van der Waals surface area contributed by atoms with Crippen LogP contribution in [0.1, 0.15) is 30.9 Å². The van der Waals surface area contributed by atoms with Crippen molar-refractivity contribution in [1.29, 1.82) is 0 Å². The summed E-state index contributed by atoms with van der Waals surface area (Å²) in [5.41, 5.74) is 2.12. The number of amides is 2. The molecule has 1 aliphatic rings. The first-order valence-corrected chi connectivity index (χ1v) is 8.42. The molecule has 0 spiro atoms. The van der Waals surface area contributed by atoms with Gasteiger partial charge in [0, 0.05) is 30.8 Å². The van der Waals surface area contributed by atoms with Gasteiger partial charge in [-0.05, 0) is 36.6 Å². The fourth-order valence-electron chi connectivity index (χ4n) is 2.80. The van der Waals surface area contributed by atoms with Crippen LogP contribution in [0.25, 0.3) is 0 Å². The van der Waals surface area contributed by atoms with Gasteiger partial charge in [-0.2, -0.15) is 0 Å². The second kappa shape index (κ2) is 7.47. The molecular formula is C20H21FN2O2. The van der Waals surface area contributed by atoms with Crippen molar-refractivity contribution >= 4 is 17.5 Å². The normalized spacial score (nSPS) is 13.4. The predicted molar refractivity (Wildman–Crippen MR) is 94.4 cm³/mol. The van der Waals surface area contributed by atoms with E-state index in [0.717, 1.165) is 18.4 Å². The van der Waals surface area contributed by atoms with Crippen LogP contribution in [0.2, 0.25) is 0 Å². The van der Waals surface area contributed by atoms with Gasteiger partial charge in [-0.1, -0.05) is 30.3 Å². The van der Waals surface area contributed by atoms with E-state index in [-0.39, 0.29) is 30.1 Å². The summed E-state index contributed by atoms with van der Waals surface area (Å²) in [4.78, 5) is 25.5. The first-order valence-electron chi connectivity index (χ1n) is 8.42. The number of carbonyl (C=O) groups is 2. The molecule has 2 amide bonds. The van der Waals surface area contributed by atoms with Crippen molar-refractivity contribution in [3.05, 3.63) is 65.5 Å². The van der Waals surface area contributed by atoms with Crippen LogP contribution in [0.3, 0.4) is 0 Å². The van der Waals surface area contributed by atoms with E-state index in [4.69, 9.17) is 0 Å². The highest BCUT2D eigenvalue weighted by Gasteiger charge is 2.32. The molecule has 0 aliphatic heterocycles. The van der Waals surface area contributed by atoms with Gasteiger partial charge in [0.2, 0.25) is 11.8 Å². The molecule has 1 fully saturated rings. The molecule has 2 aromatic rings. The zero-order chi connectivity index (χ0) is 17.8. The average molecular weight is 340 g/mol. The van der Waals surface area contributed by atoms with E-state index in [1.165, 1.54) is 13.0 Å². The van der Waals surface area contributed by atoms with Crippen LogP contribution in [0.4, 0.5) is 10.1 Å². The molecule has 0 bridgehead atoms. The standard InChI is InChI=1S/C20H21FN2O2/c1-14(24)22-17-8-6-15(7-9-17)12-20(25)23(18-10-11-18)13-16-4-2-3-5-19(16)21/h2-9,18H,10-13H2,1H3,(H,22,24). The molecule has 0 unspecified atom stereocenters. The van der Waals surface area contributed by atoms with E-state index in [0.29, 0.717) is 17.8 Å². The van der Waals surface area contributed by atoms with E-state index in [9.17, 15) is 14.0 Å². The molecule has 0 heterocycles. The molecule has 0 saturated heterocycles. The Bertz CT molecular complexity index is 770. The van der Waals surface area contributed by atoms with E-state index in [2.05, 4.69) is 5.32 Å². The van der Waals surface area contributed by atoms with Crippen LogP contribution in [0.5, 0.6) is 0 Å². The molecular weight excluding hydrogens is 319 g/mol. The Morgan fingerprint density at radius 3 is 2.40 bits per heavy atom. The third-order valence-corrected chi connectivity index (χ3v) is 4.24. The second-order valence-corrected chi connectivity index (χ2v) is 6.40. The van der Waals surface area contributed by atoms with Crippen LogP contribution >= 0.6 is 0 Å². The van der Waals surface area contributed by atoms with Gasteiger partial charge in [-0.15, -0.1) is 0 Å². The first-order chi connectivity index (χ1) is 12.0. The highest BCUT2D eigenvalue weighted by Crippen LogP contribution is 2.29. The molecule has 4 nitrogen and oxygen atoms in total. The maximum atomic E-state index is 13.9. The van der Waals surface area contributed by atoms with Crippen LogP contribution in [-0.4, -0.2) is 22.8 Å². The third kappa shape index (κ3) is 4.66. The summed E-state index contributed by atoms with van der Waals surface area (Å²) < 4.78 is 13.9. The molecule has 130 valence electrons. The number of nitrogens with zero attached hydrogens (tertiary/aromatic N) is 1. The largest absolute Gasteiger partial charge is 0.335 e. The highest BCUT2D eigenvalue weighted by molar-refractivity contribution is 5.88. The van der Waals surface area contributed by atoms with Gasteiger partial charge in [-0.3, -0.25) is 9.59 Å². The zero-order valence-corrected chi connectivity index (χ0v) is 14.2. The van der Waals surface area contributed by atoms with Crippen molar-refractivity contribution in [3.63, 3.8) is 0 Å². The van der Waals surface area contributed by atoms with Gasteiger partial charge >= 0.3 is 0 Å². The summed E-state index contributed by atoms with van der Waals surface area (Å²) in [6.07, 6.45) is 2.22. The van der Waals surface area contributed by atoms with Gasteiger partial charge < -0.3 is 10.2 Å². The number of benzene rings is 2. The third-order valence-electron chi connectivity index (χ3n) is 4.24. The maximum absolute atomic E-state index is 13.9. The Hall–Kier alpha value is -2.69. The van der Waals surface area contributed by atoms with Gasteiger partial charge in [0.25, 0.3) is 0 Å². The van der Waals surface area contributed by atoms with Crippen molar-refractivity contribution in [2.24, 2.45) is 0 Å². The lowest BCUT2D eigenvalue weighted by atomic mass is 10.1. The van der Waals surface area contributed by atoms with Crippen molar-refractivity contribution in [1.82, 2.24) is 4.90 Å². The summed E-state index contributed by atoms with van der Waals surface area (Å²) in [7, 11) is 0. The summed E-state index contributed by atoms with van der Waals surface area (Å²) in [5, 5.41) is 2.70. The minimum Gasteiger partial charge on any atom is -0.335 e. The van der Waals surface area contributed by atoms with Crippen LogP contribution in [-0.2, 0) is 22.6 Å². The van der Waals surface area contributed by atoms with Gasteiger partial charge in [0.1, 0.15) is 5.82 Å². The van der Waals surface area contributed by atoms with Gasteiger partial charge in [0.05, 0.1) is 6.42 Å². The Kier molecular flexibility index (Phi) is 5.12. The fraction of sp³-hybridized carbons (Fsp3) is 0.300. The molecule has 1 N–H and O–H groups in total. The second-order valence-electron chi connectivity index (χ2n) is 6.40. The summed E-state index contributed by atoms with van der Waals surface area (Å²) >= 11 is 0. The van der Waals surface area contributed by atoms with E-state index in [1.54, 1.807) is 35.2 Å². The minimum atomic E-state index is -0.277. The van der Waals surface area contributed by atoms with Crippen molar-refractivity contribution < 1.29 is 14.0 Å². The van der Waals surface area contributed by atoms with Crippen molar-refractivity contribution in [3.8, 4) is 0 Å². The van der Waals surface area contributed by atoms with Crippen LogP contribution in [0.15, 0.2) is 48.5 Å². The Morgan fingerprint density at radius 1 is 1.12 bits per heavy atom. The fourth-order valence-corrected chi connectivity index (χ4v) is 2.80. The summed E-state index contributed by atoms with van der Waals surface area (Å²) in [6, 6.07) is 14.0. The Balaban J connectivity index is 1.67. The van der Waals surface area contributed by atoms with Crippen LogP contribution < -0.4 is 5.32 Å². The first kappa shape index (κ1) is 17.1. The Labute approximate surface area is 146 Å². The minimum absolute atomic E-state index is 0.00182. The number of hydrogen-bond donors (Lipinski definition) is 1. The molecule has 3 rings (SSSR count). The predicted octanol–water partition coefficient (Wildman–Crippen LogP) is 3.52. The quantitative estimate of drug-likeness (QED) is 0.875. The number of carbonyl (C=O) groups excluding carboxylic acids is 2. The lowest BCUT2D eigenvalue weighted by Gasteiger charge is -2.23. The molecule has 1 saturated carbocycles. The molecule has 1 aliphatic carbocycles. The Morgan fingerprint density at radius 2 is 1.80 bits per heavy atom. The van der Waals surface area contributed by atoms with Gasteiger partial charge in [-0.25, -0.2) is 4.39 Å². The zero-order valence-electron chi connectivity index (χ0n) is 14.2. The lowest BCUT2D eigenvalue weighted by Crippen LogP contribution is -2.34. The molecule has 25 heavy (non-hydrogen) atoms. The molecule has 0 atom stereocenters.